The number of rotatable bonds is 4. The highest BCUT2D eigenvalue weighted by Gasteiger charge is 2.24. The van der Waals surface area contributed by atoms with Gasteiger partial charge >= 0.3 is 0 Å². The predicted molar refractivity (Wildman–Crippen MR) is 116 cm³/mol. The van der Waals surface area contributed by atoms with Crippen LogP contribution in [0.1, 0.15) is 20.8 Å². The first-order valence-corrected chi connectivity index (χ1v) is 10.5. The monoisotopic (exact) mass is 426 g/mol. The highest BCUT2D eigenvalue weighted by Crippen LogP contribution is 2.22. The van der Waals surface area contributed by atoms with Crippen LogP contribution in [0, 0.1) is 0 Å². The van der Waals surface area contributed by atoms with E-state index in [1.165, 1.54) is 11.3 Å². The number of anilines is 2. The van der Waals surface area contributed by atoms with Crippen molar-refractivity contribution in [2.75, 3.05) is 36.4 Å². The minimum Gasteiger partial charge on any atom is -0.368 e. The number of aromatic nitrogens is 1. The molecule has 0 saturated carbocycles. The van der Waals surface area contributed by atoms with Gasteiger partial charge in [0.1, 0.15) is 5.69 Å². The normalized spacial score (nSPS) is 14.0. The average Bonchev–Trinajstić information content (AvgIpc) is 3.22. The van der Waals surface area contributed by atoms with Crippen LogP contribution in [-0.4, -0.2) is 47.9 Å². The van der Waals surface area contributed by atoms with Gasteiger partial charge in [-0.2, -0.15) is 0 Å². The van der Waals surface area contributed by atoms with E-state index in [-0.39, 0.29) is 11.8 Å². The molecule has 2 aromatic carbocycles. The van der Waals surface area contributed by atoms with Gasteiger partial charge in [-0.25, -0.2) is 4.98 Å². The Hall–Kier alpha value is -2.90. The molecule has 3 aromatic rings. The van der Waals surface area contributed by atoms with Crippen molar-refractivity contribution in [2.24, 2.45) is 0 Å². The molecule has 0 unspecified atom stereocenters. The van der Waals surface area contributed by atoms with Crippen molar-refractivity contribution in [1.29, 1.82) is 0 Å². The summed E-state index contributed by atoms with van der Waals surface area (Å²) in [6, 6.07) is 16.6. The molecule has 0 atom stereocenters. The third kappa shape index (κ3) is 4.58. The molecule has 0 spiro atoms. The molecular weight excluding hydrogens is 408 g/mol. The number of benzene rings is 2. The number of hydrogen-bond donors (Lipinski definition) is 1. The molecule has 8 heteroatoms. The van der Waals surface area contributed by atoms with Crippen molar-refractivity contribution in [3.63, 3.8) is 0 Å². The lowest BCUT2D eigenvalue weighted by Crippen LogP contribution is -2.48. The van der Waals surface area contributed by atoms with Gasteiger partial charge in [0.05, 0.1) is 0 Å². The Balaban J connectivity index is 1.35. The van der Waals surface area contributed by atoms with Crippen LogP contribution in [0.5, 0.6) is 0 Å². The van der Waals surface area contributed by atoms with Crippen LogP contribution in [0.4, 0.5) is 10.8 Å². The summed E-state index contributed by atoms with van der Waals surface area (Å²) in [6.07, 6.45) is 0. The van der Waals surface area contributed by atoms with Crippen molar-refractivity contribution in [2.45, 2.75) is 0 Å². The van der Waals surface area contributed by atoms with Gasteiger partial charge in [0.25, 0.3) is 11.8 Å². The van der Waals surface area contributed by atoms with Crippen LogP contribution in [-0.2, 0) is 0 Å². The lowest BCUT2D eigenvalue weighted by molar-refractivity contribution is 0.0741. The lowest BCUT2D eigenvalue weighted by atomic mass is 10.2. The lowest BCUT2D eigenvalue weighted by Gasteiger charge is -2.35. The molecule has 2 heterocycles. The maximum absolute atomic E-state index is 12.8. The fourth-order valence-corrected chi connectivity index (χ4v) is 4.05. The number of hydrogen-bond acceptors (Lipinski definition) is 5. The number of carbonyl (C=O) groups is 2. The van der Waals surface area contributed by atoms with E-state index in [1.807, 2.05) is 30.3 Å². The Kier molecular flexibility index (Phi) is 5.78. The summed E-state index contributed by atoms with van der Waals surface area (Å²) in [5.41, 5.74) is 1.96. The largest absolute Gasteiger partial charge is 0.368 e. The molecule has 1 saturated heterocycles. The molecule has 1 fully saturated rings. The van der Waals surface area contributed by atoms with Gasteiger partial charge in [-0.1, -0.05) is 35.9 Å². The molecule has 148 valence electrons. The first-order chi connectivity index (χ1) is 14.1. The fraction of sp³-hybridized carbons (Fsp3) is 0.190. The van der Waals surface area contributed by atoms with Crippen molar-refractivity contribution in [3.05, 3.63) is 76.3 Å². The van der Waals surface area contributed by atoms with E-state index >= 15 is 0 Å². The topological polar surface area (TPSA) is 65.5 Å². The molecule has 4 rings (SSSR count). The zero-order valence-corrected chi connectivity index (χ0v) is 17.1. The summed E-state index contributed by atoms with van der Waals surface area (Å²) < 4.78 is 0. The highest BCUT2D eigenvalue weighted by molar-refractivity contribution is 7.14. The Labute approximate surface area is 177 Å². The molecule has 0 aliphatic carbocycles. The van der Waals surface area contributed by atoms with Crippen LogP contribution >= 0.6 is 22.9 Å². The summed E-state index contributed by atoms with van der Waals surface area (Å²) >= 11 is 7.32. The van der Waals surface area contributed by atoms with Crippen molar-refractivity contribution < 1.29 is 9.59 Å². The Bertz CT molecular complexity index is 1020. The third-order valence-corrected chi connectivity index (χ3v) is 5.71. The summed E-state index contributed by atoms with van der Waals surface area (Å²) in [6.45, 7) is 2.67. The predicted octanol–water partition coefficient (Wildman–Crippen LogP) is 4.01. The molecule has 0 radical (unpaired) electrons. The Morgan fingerprint density at radius 3 is 2.48 bits per heavy atom. The van der Waals surface area contributed by atoms with Gasteiger partial charge in [-0.3, -0.25) is 14.9 Å². The van der Waals surface area contributed by atoms with E-state index in [0.717, 1.165) is 18.8 Å². The molecule has 1 aromatic heterocycles. The number of amides is 2. The number of halogens is 1. The number of piperazine rings is 1. The minimum atomic E-state index is -0.242. The summed E-state index contributed by atoms with van der Waals surface area (Å²) in [7, 11) is 0. The van der Waals surface area contributed by atoms with Crippen LogP contribution < -0.4 is 10.2 Å². The number of nitrogens with zero attached hydrogens (tertiary/aromatic N) is 3. The highest BCUT2D eigenvalue weighted by atomic mass is 35.5. The van der Waals surface area contributed by atoms with E-state index in [0.29, 0.717) is 34.5 Å². The first-order valence-electron chi connectivity index (χ1n) is 9.22. The molecule has 1 N–H and O–H groups in total. The maximum atomic E-state index is 12.8. The van der Waals surface area contributed by atoms with Gasteiger partial charge in [-0.15, -0.1) is 11.3 Å². The second-order valence-corrected chi connectivity index (χ2v) is 7.91. The van der Waals surface area contributed by atoms with Crippen LogP contribution in [0.2, 0.25) is 5.02 Å². The van der Waals surface area contributed by atoms with Crippen LogP contribution in [0.3, 0.4) is 0 Å². The van der Waals surface area contributed by atoms with Gasteiger partial charge in [0.2, 0.25) is 0 Å². The number of thiazole rings is 1. The minimum absolute atomic E-state index is 0.118. The van der Waals surface area contributed by atoms with Crippen molar-refractivity contribution in [3.8, 4) is 0 Å². The first kappa shape index (κ1) is 19.4. The van der Waals surface area contributed by atoms with Crippen molar-refractivity contribution in [1.82, 2.24) is 9.88 Å². The molecule has 1 aliphatic heterocycles. The number of nitrogens with one attached hydrogen (secondary N) is 1. The smallest absolute Gasteiger partial charge is 0.273 e. The van der Waals surface area contributed by atoms with Gasteiger partial charge in [0.15, 0.2) is 5.13 Å². The molecule has 2 amide bonds. The van der Waals surface area contributed by atoms with E-state index < -0.39 is 0 Å². The van der Waals surface area contributed by atoms with Gasteiger partial charge in [-0.05, 0) is 30.3 Å². The third-order valence-electron chi connectivity index (χ3n) is 4.72. The standard InChI is InChI=1S/C21H19ClN4O2S/c22-16-7-4-8-17(13-16)25-9-11-26(12-10-25)20(28)18-14-29-21(23-18)24-19(27)15-5-2-1-3-6-15/h1-8,13-14H,9-12H2,(H,23,24,27). The molecular formula is C21H19ClN4O2S. The summed E-state index contributed by atoms with van der Waals surface area (Å²) in [4.78, 5) is 33.3. The van der Waals surface area contributed by atoms with Crippen molar-refractivity contribution >= 4 is 45.6 Å². The average molecular weight is 427 g/mol. The zero-order valence-electron chi connectivity index (χ0n) is 15.5. The fourth-order valence-electron chi connectivity index (χ4n) is 3.19. The Morgan fingerprint density at radius 1 is 1.00 bits per heavy atom. The molecule has 29 heavy (non-hydrogen) atoms. The zero-order chi connectivity index (χ0) is 20.2. The second kappa shape index (κ2) is 8.63. The SMILES string of the molecule is O=C(Nc1nc(C(=O)N2CCN(c3cccc(Cl)c3)CC2)cs1)c1ccccc1. The van der Waals surface area contributed by atoms with E-state index in [4.69, 9.17) is 11.6 Å². The van der Waals surface area contributed by atoms with Crippen LogP contribution in [0.25, 0.3) is 0 Å². The van der Waals surface area contributed by atoms with E-state index in [9.17, 15) is 9.59 Å². The molecule has 0 bridgehead atoms. The molecule has 6 nitrogen and oxygen atoms in total. The molecule has 1 aliphatic rings. The summed E-state index contributed by atoms with van der Waals surface area (Å²) in [5.74, 6) is -0.360. The quantitative estimate of drug-likeness (QED) is 0.684. The van der Waals surface area contributed by atoms with Gasteiger partial charge in [0, 0.05) is 47.8 Å². The van der Waals surface area contributed by atoms with Crippen LogP contribution in [0.15, 0.2) is 60.0 Å². The second-order valence-electron chi connectivity index (χ2n) is 6.62. The Morgan fingerprint density at radius 2 is 1.76 bits per heavy atom. The van der Waals surface area contributed by atoms with E-state index in [2.05, 4.69) is 15.2 Å². The summed E-state index contributed by atoms with van der Waals surface area (Å²) in [5, 5.41) is 5.55. The number of carbonyl (C=O) groups excluding carboxylic acids is 2. The maximum Gasteiger partial charge on any atom is 0.273 e. The van der Waals surface area contributed by atoms with Gasteiger partial charge < -0.3 is 9.80 Å². The van der Waals surface area contributed by atoms with E-state index in [1.54, 1.807) is 34.5 Å².